The first-order valence-electron chi connectivity index (χ1n) is 17.5. The van der Waals surface area contributed by atoms with Gasteiger partial charge in [-0.1, -0.05) is 134 Å². The Balaban J connectivity index is 1.21. The van der Waals surface area contributed by atoms with Crippen LogP contribution in [0.4, 0.5) is 28.4 Å². The fourth-order valence-electron chi connectivity index (χ4n) is 8.09. The Bertz CT molecular complexity index is 2680. The average Bonchev–Trinajstić information content (AvgIpc) is 3.19. The second kappa shape index (κ2) is 11.6. The second-order valence-corrected chi connectivity index (χ2v) is 13.3. The van der Waals surface area contributed by atoms with Crippen LogP contribution in [-0.4, -0.2) is 0 Å². The molecule has 2 aliphatic carbocycles. The Morgan fingerprint density at radius 3 is 1.74 bits per heavy atom. The van der Waals surface area contributed by atoms with Crippen LogP contribution in [-0.2, 0) is 0 Å². The molecule has 2 nitrogen and oxygen atoms in total. The zero-order valence-electron chi connectivity index (χ0n) is 27.6. The Hall–Kier alpha value is -6.38. The summed E-state index contributed by atoms with van der Waals surface area (Å²) in [4.78, 5) is 4.87. The number of fused-ring (bicyclic) bond motifs is 2. The lowest BCUT2D eigenvalue weighted by molar-refractivity contribution is 0.769. The maximum absolute atomic E-state index is 2.45. The highest BCUT2D eigenvalue weighted by molar-refractivity contribution is 6.28. The van der Waals surface area contributed by atoms with Gasteiger partial charge in [-0.3, -0.25) is 0 Å². The zero-order chi connectivity index (χ0) is 33.0. The van der Waals surface area contributed by atoms with Crippen molar-refractivity contribution >= 4 is 71.5 Å². The summed E-state index contributed by atoms with van der Waals surface area (Å²) in [5.41, 5.74) is 8.37. The third-order valence-corrected chi connectivity index (χ3v) is 10.4. The number of hydrogen-bond acceptors (Lipinski definition) is 2. The molecule has 8 aromatic carbocycles. The zero-order valence-corrected chi connectivity index (χ0v) is 27.6. The van der Waals surface area contributed by atoms with Gasteiger partial charge < -0.3 is 9.80 Å². The molecule has 0 saturated heterocycles. The topological polar surface area (TPSA) is 6.48 Å². The molecule has 0 saturated carbocycles. The van der Waals surface area contributed by atoms with Crippen LogP contribution in [0.15, 0.2) is 199 Å². The standard InChI is InChI=1S/C48H34N2/c1-3-15-39(16-4-1)49(41-25-19-33-11-7-9-13-37(33)31-41)45-29-23-35-22-28-44-46(30-24-36-21-27-43(45)47(35)48(36)44)50(40-17-5-2-6-18-40)42-26-20-34-12-8-10-14-38(34)32-42/h1-19,21-32,34H,20H2. The molecule has 10 rings (SSSR count). The molecule has 0 fully saturated rings. The first kappa shape index (κ1) is 28.6. The summed E-state index contributed by atoms with van der Waals surface area (Å²) in [7, 11) is 0. The van der Waals surface area contributed by atoms with Crippen molar-refractivity contribution in [2.75, 3.05) is 9.80 Å². The fraction of sp³-hybridized carbons (Fsp3) is 0.0417. The highest BCUT2D eigenvalue weighted by atomic mass is 15.2. The minimum atomic E-state index is 0.441. The largest absolute Gasteiger partial charge is 0.310 e. The lowest BCUT2D eigenvalue weighted by Gasteiger charge is -2.32. The molecule has 2 aliphatic rings. The molecule has 0 heterocycles. The number of hydrogen-bond donors (Lipinski definition) is 0. The van der Waals surface area contributed by atoms with Crippen LogP contribution < -0.4 is 9.80 Å². The van der Waals surface area contributed by atoms with E-state index >= 15 is 0 Å². The van der Waals surface area contributed by atoms with Crippen molar-refractivity contribution in [1.29, 1.82) is 0 Å². The maximum atomic E-state index is 2.45. The van der Waals surface area contributed by atoms with E-state index in [9.17, 15) is 0 Å². The summed E-state index contributed by atoms with van der Waals surface area (Å²) in [6.07, 6.45) is 14.7. The number of para-hydroxylation sites is 2. The molecular weight excluding hydrogens is 605 g/mol. The summed E-state index contributed by atoms with van der Waals surface area (Å²) in [6, 6.07) is 55.4. The number of allylic oxidation sites excluding steroid dienone is 7. The van der Waals surface area contributed by atoms with Crippen molar-refractivity contribution in [3.8, 4) is 0 Å². The van der Waals surface area contributed by atoms with Gasteiger partial charge in [0, 0.05) is 39.4 Å². The van der Waals surface area contributed by atoms with E-state index in [0.29, 0.717) is 5.92 Å². The molecular formula is C48H34N2. The first-order valence-corrected chi connectivity index (χ1v) is 17.5. The normalized spacial score (nSPS) is 15.4. The Kier molecular flexibility index (Phi) is 6.67. The van der Waals surface area contributed by atoms with Crippen molar-refractivity contribution in [2.24, 2.45) is 5.92 Å². The van der Waals surface area contributed by atoms with Gasteiger partial charge >= 0.3 is 0 Å². The van der Waals surface area contributed by atoms with Crippen LogP contribution in [0.3, 0.4) is 0 Å². The van der Waals surface area contributed by atoms with Crippen LogP contribution in [0.1, 0.15) is 6.42 Å². The van der Waals surface area contributed by atoms with Crippen molar-refractivity contribution in [3.05, 3.63) is 199 Å². The lowest BCUT2D eigenvalue weighted by Crippen LogP contribution is -2.19. The van der Waals surface area contributed by atoms with Gasteiger partial charge in [-0.2, -0.15) is 0 Å². The Morgan fingerprint density at radius 2 is 1.04 bits per heavy atom. The van der Waals surface area contributed by atoms with Crippen LogP contribution in [0.5, 0.6) is 0 Å². The van der Waals surface area contributed by atoms with E-state index in [4.69, 9.17) is 0 Å². The molecule has 2 heteroatoms. The Morgan fingerprint density at radius 1 is 0.460 bits per heavy atom. The average molecular weight is 639 g/mol. The van der Waals surface area contributed by atoms with Crippen molar-refractivity contribution in [2.45, 2.75) is 6.42 Å². The maximum Gasteiger partial charge on any atom is 0.0540 e. The van der Waals surface area contributed by atoms with E-state index in [0.717, 1.165) is 23.5 Å². The molecule has 236 valence electrons. The first-order chi connectivity index (χ1) is 24.8. The molecule has 50 heavy (non-hydrogen) atoms. The van der Waals surface area contributed by atoms with E-state index in [2.05, 4.69) is 198 Å². The van der Waals surface area contributed by atoms with Gasteiger partial charge in [0.2, 0.25) is 0 Å². The SMILES string of the molecule is C1=CC2=CC(N(c3ccccc3)c3ccc4ccc5c(N(c6ccccc6)c6ccc7ccccc7c6)ccc6ccc3c4c65)=CCC2C=C1. The highest BCUT2D eigenvalue weighted by Gasteiger charge is 2.24. The van der Waals surface area contributed by atoms with Crippen LogP contribution in [0, 0.1) is 5.92 Å². The molecule has 0 radical (unpaired) electrons. The molecule has 0 amide bonds. The predicted molar refractivity (Wildman–Crippen MR) is 213 cm³/mol. The molecule has 1 unspecified atom stereocenters. The number of benzene rings is 8. The Labute approximate surface area is 292 Å². The highest BCUT2D eigenvalue weighted by Crippen LogP contribution is 2.47. The van der Waals surface area contributed by atoms with Gasteiger partial charge in [-0.05, 0) is 98.9 Å². The summed E-state index contributed by atoms with van der Waals surface area (Å²) in [5.74, 6) is 0.441. The third-order valence-electron chi connectivity index (χ3n) is 10.4. The van der Waals surface area contributed by atoms with Crippen molar-refractivity contribution < 1.29 is 0 Å². The van der Waals surface area contributed by atoms with Gasteiger partial charge in [0.25, 0.3) is 0 Å². The van der Waals surface area contributed by atoms with E-state index in [1.165, 1.54) is 65.7 Å². The van der Waals surface area contributed by atoms with E-state index < -0.39 is 0 Å². The van der Waals surface area contributed by atoms with Crippen molar-refractivity contribution in [1.82, 2.24) is 0 Å². The smallest absolute Gasteiger partial charge is 0.0540 e. The fourth-order valence-corrected chi connectivity index (χ4v) is 8.09. The summed E-state index contributed by atoms with van der Waals surface area (Å²) in [5, 5.41) is 10.1. The third kappa shape index (κ3) is 4.64. The molecule has 0 aromatic heterocycles. The van der Waals surface area contributed by atoms with E-state index in [-0.39, 0.29) is 0 Å². The van der Waals surface area contributed by atoms with E-state index in [1.54, 1.807) is 0 Å². The molecule has 0 bridgehead atoms. The minimum absolute atomic E-state index is 0.441. The second-order valence-electron chi connectivity index (χ2n) is 13.3. The summed E-state index contributed by atoms with van der Waals surface area (Å²) < 4.78 is 0. The van der Waals surface area contributed by atoms with Gasteiger partial charge in [0.05, 0.1) is 11.4 Å². The van der Waals surface area contributed by atoms with Crippen molar-refractivity contribution in [3.63, 3.8) is 0 Å². The van der Waals surface area contributed by atoms with E-state index in [1.807, 2.05) is 0 Å². The number of rotatable bonds is 6. The summed E-state index contributed by atoms with van der Waals surface area (Å²) in [6.45, 7) is 0. The van der Waals surface area contributed by atoms with Gasteiger partial charge in [-0.15, -0.1) is 0 Å². The van der Waals surface area contributed by atoms with Crippen LogP contribution >= 0.6 is 0 Å². The number of nitrogens with zero attached hydrogens (tertiary/aromatic N) is 2. The minimum Gasteiger partial charge on any atom is -0.310 e. The number of anilines is 5. The molecule has 0 aliphatic heterocycles. The molecule has 8 aromatic rings. The lowest BCUT2D eigenvalue weighted by atomic mass is 9.86. The molecule has 1 atom stereocenters. The van der Waals surface area contributed by atoms with Crippen LogP contribution in [0.25, 0.3) is 43.1 Å². The summed E-state index contributed by atoms with van der Waals surface area (Å²) >= 11 is 0. The molecule has 0 spiro atoms. The van der Waals surface area contributed by atoms with Crippen LogP contribution in [0.2, 0.25) is 0 Å². The van der Waals surface area contributed by atoms with Gasteiger partial charge in [-0.25, -0.2) is 0 Å². The van der Waals surface area contributed by atoms with Gasteiger partial charge in [0.15, 0.2) is 0 Å². The molecule has 0 N–H and O–H groups in total. The monoisotopic (exact) mass is 638 g/mol. The predicted octanol–water partition coefficient (Wildman–Crippen LogP) is 13.3. The quantitative estimate of drug-likeness (QED) is 0.167. The van der Waals surface area contributed by atoms with Gasteiger partial charge in [0.1, 0.15) is 0 Å².